The minimum atomic E-state index is -0.0457. The molecule has 0 aromatic carbocycles. The summed E-state index contributed by atoms with van der Waals surface area (Å²) in [6.45, 7) is 5.46. The molecular formula is C11H23NO. The van der Waals surface area contributed by atoms with Crippen LogP contribution in [0.4, 0.5) is 0 Å². The van der Waals surface area contributed by atoms with Crippen molar-refractivity contribution in [3.8, 4) is 0 Å². The van der Waals surface area contributed by atoms with Crippen molar-refractivity contribution >= 4 is 0 Å². The second-order valence-electron chi connectivity index (χ2n) is 4.16. The number of rotatable bonds is 6. The van der Waals surface area contributed by atoms with Crippen LogP contribution in [0.5, 0.6) is 0 Å². The Labute approximate surface area is 81.9 Å². The predicted octanol–water partition coefficient (Wildman–Crippen LogP) is 2.02. The Balaban J connectivity index is 1.88. The van der Waals surface area contributed by atoms with Crippen LogP contribution in [0.3, 0.4) is 0 Å². The summed E-state index contributed by atoms with van der Waals surface area (Å²) >= 11 is 0. The van der Waals surface area contributed by atoms with Crippen LogP contribution in [0.1, 0.15) is 45.4 Å². The summed E-state index contributed by atoms with van der Waals surface area (Å²) in [6.07, 6.45) is 7.69. The fourth-order valence-corrected chi connectivity index (χ4v) is 1.95. The maximum Gasteiger partial charge on any atom is 0.0679 e. The molecule has 0 spiro atoms. The first kappa shape index (κ1) is 11.0. The Morgan fingerprint density at radius 1 is 1.23 bits per heavy atom. The van der Waals surface area contributed by atoms with E-state index in [1.54, 1.807) is 0 Å². The normalized spacial score (nSPS) is 24.0. The van der Waals surface area contributed by atoms with Crippen molar-refractivity contribution < 1.29 is 5.11 Å². The van der Waals surface area contributed by atoms with Gasteiger partial charge in [0.05, 0.1) is 6.10 Å². The van der Waals surface area contributed by atoms with Crippen molar-refractivity contribution in [3.05, 3.63) is 0 Å². The van der Waals surface area contributed by atoms with Crippen LogP contribution in [0.15, 0.2) is 0 Å². The number of likely N-dealkylation sites (tertiary alicyclic amines) is 1. The molecule has 0 aliphatic carbocycles. The predicted molar refractivity (Wildman–Crippen MR) is 55.8 cm³/mol. The molecule has 0 amide bonds. The van der Waals surface area contributed by atoms with Gasteiger partial charge >= 0.3 is 0 Å². The molecule has 0 aromatic rings. The molecule has 78 valence electrons. The minimum Gasteiger partial charge on any atom is -0.392 e. The number of aliphatic hydroxyl groups excluding tert-OH is 1. The summed E-state index contributed by atoms with van der Waals surface area (Å²) in [5, 5.41) is 9.30. The Hall–Kier alpha value is -0.0800. The maximum absolute atomic E-state index is 9.30. The molecule has 0 saturated carbocycles. The molecule has 0 aromatic heterocycles. The summed E-state index contributed by atoms with van der Waals surface area (Å²) in [5.41, 5.74) is 0. The molecule has 1 heterocycles. The zero-order valence-corrected chi connectivity index (χ0v) is 8.84. The highest BCUT2D eigenvalue weighted by Crippen LogP contribution is 2.10. The molecular weight excluding hydrogens is 162 g/mol. The van der Waals surface area contributed by atoms with Crippen molar-refractivity contribution in [2.45, 2.75) is 51.6 Å². The molecule has 1 aliphatic heterocycles. The molecule has 2 nitrogen and oxygen atoms in total. The molecule has 0 radical (unpaired) electrons. The lowest BCUT2D eigenvalue weighted by Gasteiger charge is -2.13. The van der Waals surface area contributed by atoms with Gasteiger partial charge in [0, 0.05) is 13.1 Å². The first-order chi connectivity index (χ1) is 6.33. The standard InChI is InChI=1S/C11H23NO/c1-2-3-4-5-6-8-12-9-7-11(13)10-12/h11,13H,2-10H2,1H3. The molecule has 1 fully saturated rings. The van der Waals surface area contributed by atoms with Crippen molar-refractivity contribution in [2.24, 2.45) is 0 Å². The Morgan fingerprint density at radius 2 is 2.00 bits per heavy atom. The van der Waals surface area contributed by atoms with Crippen LogP contribution in [-0.2, 0) is 0 Å². The van der Waals surface area contributed by atoms with E-state index in [0.29, 0.717) is 0 Å². The molecule has 1 atom stereocenters. The number of β-amino-alcohol motifs (C(OH)–C–C–N with tert-alkyl or cyclic N) is 1. The molecule has 1 rings (SSSR count). The van der Waals surface area contributed by atoms with Crippen LogP contribution in [-0.4, -0.2) is 35.7 Å². The summed E-state index contributed by atoms with van der Waals surface area (Å²) in [4.78, 5) is 2.39. The van der Waals surface area contributed by atoms with Crippen LogP contribution in [0.2, 0.25) is 0 Å². The van der Waals surface area contributed by atoms with Crippen LogP contribution >= 0.6 is 0 Å². The molecule has 1 N–H and O–H groups in total. The van der Waals surface area contributed by atoms with Gasteiger partial charge in [0.25, 0.3) is 0 Å². The third kappa shape index (κ3) is 4.63. The third-order valence-corrected chi connectivity index (χ3v) is 2.83. The van der Waals surface area contributed by atoms with Gasteiger partial charge in [-0.05, 0) is 19.4 Å². The molecule has 2 heteroatoms. The van der Waals surface area contributed by atoms with Crippen molar-refractivity contribution in [2.75, 3.05) is 19.6 Å². The maximum atomic E-state index is 9.30. The topological polar surface area (TPSA) is 23.5 Å². The van der Waals surface area contributed by atoms with Gasteiger partial charge < -0.3 is 10.0 Å². The van der Waals surface area contributed by atoms with Gasteiger partial charge in [-0.3, -0.25) is 0 Å². The average molecular weight is 185 g/mol. The highest BCUT2D eigenvalue weighted by atomic mass is 16.3. The van der Waals surface area contributed by atoms with E-state index >= 15 is 0 Å². The third-order valence-electron chi connectivity index (χ3n) is 2.83. The second kappa shape index (κ2) is 6.39. The molecule has 1 aliphatic rings. The minimum absolute atomic E-state index is 0.0457. The Kier molecular flexibility index (Phi) is 5.40. The number of aliphatic hydroxyl groups is 1. The van der Waals surface area contributed by atoms with E-state index in [9.17, 15) is 5.11 Å². The SMILES string of the molecule is CCCCCCCN1CCC(O)C1. The van der Waals surface area contributed by atoms with E-state index in [0.717, 1.165) is 19.5 Å². The van der Waals surface area contributed by atoms with E-state index in [1.807, 2.05) is 0 Å². The van der Waals surface area contributed by atoms with Crippen LogP contribution < -0.4 is 0 Å². The van der Waals surface area contributed by atoms with Gasteiger partial charge in [-0.1, -0.05) is 32.6 Å². The fourth-order valence-electron chi connectivity index (χ4n) is 1.95. The smallest absolute Gasteiger partial charge is 0.0679 e. The first-order valence-corrected chi connectivity index (χ1v) is 5.73. The number of nitrogens with zero attached hydrogens (tertiary/aromatic N) is 1. The van der Waals surface area contributed by atoms with Gasteiger partial charge in [-0.25, -0.2) is 0 Å². The molecule has 1 saturated heterocycles. The quantitative estimate of drug-likeness (QED) is 0.640. The van der Waals surface area contributed by atoms with Gasteiger partial charge in [-0.15, -0.1) is 0 Å². The lowest BCUT2D eigenvalue weighted by molar-refractivity contribution is 0.175. The summed E-state index contributed by atoms with van der Waals surface area (Å²) < 4.78 is 0. The highest BCUT2D eigenvalue weighted by molar-refractivity contribution is 4.73. The van der Waals surface area contributed by atoms with Gasteiger partial charge in [-0.2, -0.15) is 0 Å². The number of unbranched alkanes of at least 4 members (excludes halogenated alkanes) is 4. The van der Waals surface area contributed by atoms with Crippen LogP contribution in [0.25, 0.3) is 0 Å². The van der Waals surface area contributed by atoms with Crippen LogP contribution in [0, 0.1) is 0 Å². The fraction of sp³-hybridized carbons (Fsp3) is 1.00. The van der Waals surface area contributed by atoms with Gasteiger partial charge in [0.15, 0.2) is 0 Å². The highest BCUT2D eigenvalue weighted by Gasteiger charge is 2.18. The van der Waals surface area contributed by atoms with E-state index in [1.165, 1.54) is 38.6 Å². The van der Waals surface area contributed by atoms with Crippen molar-refractivity contribution in [1.82, 2.24) is 4.90 Å². The van der Waals surface area contributed by atoms with E-state index in [-0.39, 0.29) is 6.10 Å². The Bertz CT molecular complexity index is 127. The molecule has 13 heavy (non-hydrogen) atoms. The number of hydrogen-bond acceptors (Lipinski definition) is 2. The van der Waals surface area contributed by atoms with E-state index in [2.05, 4.69) is 11.8 Å². The van der Waals surface area contributed by atoms with E-state index < -0.39 is 0 Å². The summed E-state index contributed by atoms with van der Waals surface area (Å²) in [5.74, 6) is 0. The number of hydrogen-bond donors (Lipinski definition) is 1. The lowest BCUT2D eigenvalue weighted by atomic mass is 10.1. The average Bonchev–Trinajstić information content (AvgIpc) is 2.51. The van der Waals surface area contributed by atoms with Crippen molar-refractivity contribution in [1.29, 1.82) is 0 Å². The van der Waals surface area contributed by atoms with Gasteiger partial charge in [0.2, 0.25) is 0 Å². The Morgan fingerprint density at radius 3 is 2.62 bits per heavy atom. The monoisotopic (exact) mass is 185 g/mol. The second-order valence-corrected chi connectivity index (χ2v) is 4.16. The zero-order valence-electron chi connectivity index (χ0n) is 8.84. The van der Waals surface area contributed by atoms with Crippen molar-refractivity contribution in [3.63, 3.8) is 0 Å². The van der Waals surface area contributed by atoms with E-state index in [4.69, 9.17) is 0 Å². The summed E-state index contributed by atoms with van der Waals surface area (Å²) in [6, 6.07) is 0. The van der Waals surface area contributed by atoms with Gasteiger partial charge in [0.1, 0.15) is 0 Å². The largest absolute Gasteiger partial charge is 0.392 e. The molecule has 0 bridgehead atoms. The summed E-state index contributed by atoms with van der Waals surface area (Å²) in [7, 11) is 0. The molecule has 1 unspecified atom stereocenters. The lowest BCUT2D eigenvalue weighted by Crippen LogP contribution is -2.23. The zero-order chi connectivity index (χ0) is 9.52. The first-order valence-electron chi connectivity index (χ1n) is 5.73.